The van der Waals surface area contributed by atoms with E-state index in [1.54, 1.807) is 0 Å². The largest absolute Gasteiger partial charge is 0.466 e. The van der Waals surface area contributed by atoms with Crippen LogP contribution in [-0.4, -0.2) is 37.1 Å². The van der Waals surface area contributed by atoms with Gasteiger partial charge in [-0.3, -0.25) is 4.79 Å². The van der Waals surface area contributed by atoms with Gasteiger partial charge in [0.15, 0.2) is 0 Å². The molecule has 0 aliphatic carbocycles. The number of esters is 1. The third-order valence-electron chi connectivity index (χ3n) is 3.10. The zero-order valence-electron chi connectivity index (χ0n) is 10.8. The summed E-state index contributed by atoms with van der Waals surface area (Å²) in [7, 11) is 4.08. The minimum absolute atomic E-state index is 0.0268. The molecule has 90 valence electrons. The molecule has 0 aromatic carbocycles. The molecule has 3 nitrogen and oxygen atoms in total. The van der Waals surface area contributed by atoms with Crippen molar-refractivity contribution in [1.29, 1.82) is 0 Å². The maximum absolute atomic E-state index is 11.5. The Bertz CT molecular complexity index is 192. The van der Waals surface area contributed by atoms with Gasteiger partial charge in [0.05, 0.1) is 13.0 Å². The highest BCUT2D eigenvalue weighted by atomic mass is 16.5. The van der Waals surface area contributed by atoms with Crippen molar-refractivity contribution in [2.45, 2.75) is 52.0 Å². The zero-order chi connectivity index (χ0) is 11.9. The standard InChI is InChI=1S/C12H25NO2/c1-6-9-12(7-2,13(4)5)10-11(14)15-8-3/h6-10H2,1-5H3. The lowest BCUT2D eigenvalue weighted by Gasteiger charge is -2.38. The molecule has 0 N–H and O–H groups in total. The first kappa shape index (κ1) is 14.4. The molecule has 0 fully saturated rings. The summed E-state index contributed by atoms with van der Waals surface area (Å²) >= 11 is 0. The van der Waals surface area contributed by atoms with E-state index in [4.69, 9.17) is 4.74 Å². The molecule has 0 heterocycles. The highest BCUT2D eigenvalue weighted by Gasteiger charge is 2.32. The van der Waals surface area contributed by atoms with E-state index in [0.29, 0.717) is 13.0 Å². The van der Waals surface area contributed by atoms with Gasteiger partial charge in [0.25, 0.3) is 0 Å². The van der Waals surface area contributed by atoms with E-state index >= 15 is 0 Å². The maximum atomic E-state index is 11.5. The van der Waals surface area contributed by atoms with Crippen molar-refractivity contribution in [3.63, 3.8) is 0 Å². The van der Waals surface area contributed by atoms with Crippen molar-refractivity contribution in [2.75, 3.05) is 20.7 Å². The minimum atomic E-state index is -0.0819. The number of carbonyl (C=O) groups is 1. The summed E-state index contributed by atoms with van der Waals surface area (Å²) in [5, 5.41) is 0. The first-order valence-corrected chi connectivity index (χ1v) is 5.85. The van der Waals surface area contributed by atoms with E-state index in [1.807, 2.05) is 21.0 Å². The number of ether oxygens (including phenoxy) is 1. The van der Waals surface area contributed by atoms with Crippen molar-refractivity contribution in [2.24, 2.45) is 0 Å². The summed E-state index contributed by atoms with van der Waals surface area (Å²) in [5.74, 6) is -0.0819. The smallest absolute Gasteiger partial charge is 0.307 e. The summed E-state index contributed by atoms with van der Waals surface area (Å²) in [6, 6.07) is 0. The predicted molar refractivity (Wildman–Crippen MR) is 62.9 cm³/mol. The predicted octanol–water partition coefficient (Wildman–Crippen LogP) is 2.45. The van der Waals surface area contributed by atoms with Crippen LogP contribution < -0.4 is 0 Å². The lowest BCUT2D eigenvalue weighted by atomic mass is 9.86. The third kappa shape index (κ3) is 4.20. The molecular weight excluding hydrogens is 190 g/mol. The van der Waals surface area contributed by atoms with Crippen molar-refractivity contribution in [1.82, 2.24) is 4.90 Å². The Hall–Kier alpha value is -0.570. The second kappa shape index (κ2) is 6.83. The van der Waals surface area contributed by atoms with Crippen molar-refractivity contribution in [3.8, 4) is 0 Å². The van der Waals surface area contributed by atoms with E-state index in [-0.39, 0.29) is 11.5 Å². The van der Waals surface area contributed by atoms with Crippen LogP contribution in [0.15, 0.2) is 0 Å². The van der Waals surface area contributed by atoms with Gasteiger partial charge in [-0.1, -0.05) is 20.3 Å². The molecule has 3 heteroatoms. The summed E-state index contributed by atoms with van der Waals surface area (Å²) in [6.45, 7) is 6.60. The summed E-state index contributed by atoms with van der Waals surface area (Å²) in [5.41, 5.74) is -0.0268. The fourth-order valence-electron chi connectivity index (χ4n) is 2.03. The Morgan fingerprint density at radius 2 is 1.87 bits per heavy atom. The first-order chi connectivity index (χ1) is 7.02. The van der Waals surface area contributed by atoms with Gasteiger partial charge in [0, 0.05) is 5.54 Å². The molecular formula is C12H25NO2. The Balaban J connectivity index is 4.53. The summed E-state index contributed by atoms with van der Waals surface area (Å²) in [6.07, 6.45) is 3.60. The van der Waals surface area contributed by atoms with Crippen LogP contribution in [0.1, 0.15) is 46.5 Å². The van der Waals surface area contributed by atoms with Crippen LogP contribution >= 0.6 is 0 Å². The van der Waals surface area contributed by atoms with Gasteiger partial charge >= 0.3 is 5.97 Å². The Kier molecular flexibility index (Phi) is 6.57. The topological polar surface area (TPSA) is 29.5 Å². The lowest BCUT2D eigenvalue weighted by molar-refractivity contribution is -0.146. The van der Waals surface area contributed by atoms with Crippen molar-refractivity contribution in [3.05, 3.63) is 0 Å². The highest BCUT2D eigenvalue weighted by molar-refractivity contribution is 5.70. The highest BCUT2D eigenvalue weighted by Crippen LogP contribution is 2.27. The number of nitrogens with zero attached hydrogens (tertiary/aromatic N) is 1. The Labute approximate surface area is 93.8 Å². The average molecular weight is 215 g/mol. The molecule has 15 heavy (non-hydrogen) atoms. The maximum Gasteiger partial charge on any atom is 0.307 e. The Morgan fingerprint density at radius 1 is 1.27 bits per heavy atom. The van der Waals surface area contributed by atoms with Gasteiger partial charge in [-0.2, -0.15) is 0 Å². The van der Waals surface area contributed by atoms with Crippen LogP contribution in [0.2, 0.25) is 0 Å². The molecule has 0 aliphatic heterocycles. The molecule has 0 aromatic heterocycles. The molecule has 0 saturated carbocycles. The molecule has 1 unspecified atom stereocenters. The average Bonchev–Trinajstić information content (AvgIpc) is 2.17. The van der Waals surface area contributed by atoms with Crippen molar-refractivity contribution < 1.29 is 9.53 Å². The van der Waals surface area contributed by atoms with Crippen LogP contribution in [0.4, 0.5) is 0 Å². The minimum Gasteiger partial charge on any atom is -0.466 e. The zero-order valence-corrected chi connectivity index (χ0v) is 10.8. The molecule has 0 bridgehead atoms. The van der Waals surface area contributed by atoms with Crippen LogP contribution in [-0.2, 0) is 9.53 Å². The molecule has 0 aromatic rings. The first-order valence-electron chi connectivity index (χ1n) is 5.85. The van der Waals surface area contributed by atoms with E-state index in [0.717, 1.165) is 19.3 Å². The second-order valence-electron chi connectivity index (χ2n) is 4.20. The van der Waals surface area contributed by atoms with Crippen LogP contribution in [0.3, 0.4) is 0 Å². The summed E-state index contributed by atoms with van der Waals surface area (Å²) in [4.78, 5) is 13.7. The van der Waals surface area contributed by atoms with Gasteiger partial charge in [0.1, 0.15) is 0 Å². The van der Waals surface area contributed by atoms with E-state index < -0.39 is 0 Å². The van der Waals surface area contributed by atoms with E-state index in [9.17, 15) is 4.79 Å². The number of hydrogen-bond acceptors (Lipinski definition) is 3. The van der Waals surface area contributed by atoms with Crippen molar-refractivity contribution >= 4 is 5.97 Å². The molecule has 1 atom stereocenters. The Morgan fingerprint density at radius 3 is 2.20 bits per heavy atom. The van der Waals surface area contributed by atoms with E-state index in [2.05, 4.69) is 18.7 Å². The second-order valence-corrected chi connectivity index (χ2v) is 4.20. The summed E-state index contributed by atoms with van der Waals surface area (Å²) < 4.78 is 5.03. The third-order valence-corrected chi connectivity index (χ3v) is 3.10. The van der Waals surface area contributed by atoms with Crippen LogP contribution in [0.5, 0.6) is 0 Å². The number of rotatable bonds is 7. The molecule has 0 rings (SSSR count). The van der Waals surface area contributed by atoms with E-state index in [1.165, 1.54) is 0 Å². The van der Waals surface area contributed by atoms with Crippen LogP contribution in [0.25, 0.3) is 0 Å². The van der Waals surface area contributed by atoms with Crippen LogP contribution in [0, 0.1) is 0 Å². The monoisotopic (exact) mass is 215 g/mol. The molecule has 0 aliphatic rings. The normalized spacial score (nSPS) is 15.1. The van der Waals surface area contributed by atoms with Gasteiger partial charge in [-0.05, 0) is 33.9 Å². The quantitative estimate of drug-likeness (QED) is 0.611. The number of carbonyl (C=O) groups excluding carboxylic acids is 1. The van der Waals surface area contributed by atoms with Gasteiger partial charge in [-0.15, -0.1) is 0 Å². The number of hydrogen-bond donors (Lipinski definition) is 0. The SMILES string of the molecule is CCCC(CC)(CC(=O)OCC)N(C)C. The molecule has 0 saturated heterocycles. The van der Waals surface area contributed by atoms with Gasteiger partial charge < -0.3 is 9.64 Å². The fraction of sp³-hybridized carbons (Fsp3) is 0.917. The molecule has 0 amide bonds. The van der Waals surface area contributed by atoms with Gasteiger partial charge in [0.2, 0.25) is 0 Å². The van der Waals surface area contributed by atoms with Gasteiger partial charge in [-0.25, -0.2) is 0 Å². The molecule has 0 spiro atoms. The fourth-order valence-corrected chi connectivity index (χ4v) is 2.03. The lowest BCUT2D eigenvalue weighted by Crippen LogP contribution is -2.45. The molecule has 0 radical (unpaired) electrons.